The van der Waals surface area contributed by atoms with Crippen molar-refractivity contribution >= 4 is 5.91 Å². The highest BCUT2D eigenvalue weighted by Crippen LogP contribution is 2.33. The maximum atomic E-state index is 12.3. The minimum Gasteiger partial charge on any atom is -0.352 e. The summed E-state index contributed by atoms with van der Waals surface area (Å²) in [6.45, 7) is 8.01. The number of fused-ring (bicyclic) bond motifs is 1. The Morgan fingerprint density at radius 3 is 2.15 bits per heavy atom. The van der Waals surface area contributed by atoms with Crippen molar-refractivity contribution in [1.29, 1.82) is 0 Å². The molecule has 2 fully saturated rings. The predicted octanol–water partition coefficient (Wildman–Crippen LogP) is 5.82. The monoisotopic (exact) mass is 364 g/mol. The van der Waals surface area contributed by atoms with Gasteiger partial charge in [-0.2, -0.15) is 0 Å². The van der Waals surface area contributed by atoms with Crippen LogP contribution in [0.5, 0.6) is 0 Å². The molecule has 1 saturated heterocycles. The van der Waals surface area contributed by atoms with Crippen LogP contribution in [0.2, 0.25) is 0 Å². The number of hydrogen-bond donors (Lipinski definition) is 1. The molecule has 0 unspecified atom stereocenters. The molecule has 0 spiro atoms. The molecule has 1 aliphatic carbocycles. The number of rotatable bonds is 11. The summed E-state index contributed by atoms with van der Waals surface area (Å²) >= 11 is 0. The second kappa shape index (κ2) is 11.3. The Morgan fingerprint density at radius 1 is 0.923 bits per heavy atom. The number of amides is 1. The molecule has 1 aliphatic heterocycles. The van der Waals surface area contributed by atoms with E-state index in [0.717, 1.165) is 0 Å². The zero-order valence-electron chi connectivity index (χ0n) is 17.8. The van der Waals surface area contributed by atoms with E-state index in [4.69, 9.17) is 0 Å². The molecule has 0 aromatic carbocycles. The van der Waals surface area contributed by atoms with Crippen LogP contribution in [0.15, 0.2) is 0 Å². The fourth-order valence-electron chi connectivity index (χ4n) is 5.09. The minimum absolute atomic E-state index is 0.000117. The SMILES string of the molecule is CCCCCCCCCCCCN1[C@@H]2CCCC[C@H]2NC(=O)CC1(C)C. The van der Waals surface area contributed by atoms with Gasteiger partial charge < -0.3 is 5.32 Å². The zero-order valence-corrected chi connectivity index (χ0v) is 17.8. The van der Waals surface area contributed by atoms with Crippen LogP contribution in [0.25, 0.3) is 0 Å². The van der Waals surface area contributed by atoms with E-state index >= 15 is 0 Å². The predicted molar refractivity (Wildman–Crippen MR) is 111 cm³/mol. The first-order valence-corrected chi connectivity index (χ1v) is 11.6. The molecule has 0 bridgehead atoms. The van der Waals surface area contributed by atoms with Crippen molar-refractivity contribution < 1.29 is 4.79 Å². The highest BCUT2D eigenvalue weighted by atomic mass is 16.1. The van der Waals surface area contributed by atoms with Gasteiger partial charge in [0.25, 0.3) is 0 Å². The molecule has 3 nitrogen and oxygen atoms in total. The van der Waals surface area contributed by atoms with E-state index in [9.17, 15) is 4.79 Å². The van der Waals surface area contributed by atoms with Crippen LogP contribution in [0.3, 0.4) is 0 Å². The normalized spacial score (nSPS) is 26.2. The van der Waals surface area contributed by atoms with E-state index in [0.29, 0.717) is 18.5 Å². The Hall–Kier alpha value is -0.570. The molecule has 0 radical (unpaired) electrons. The average molecular weight is 365 g/mol. The third-order valence-electron chi connectivity index (χ3n) is 6.60. The summed E-state index contributed by atoms with van der Waals surface area (Å²) in [5.41, 5.74) is 0.000117. The van der Waals surface area contributed by atoms with Gasteiger partial charge in [-0.1, -0.05) is 77.6 Å². The Bertz CT molecular complexity index is 407. The Labute approximate surface area is 162 Å². The Kier molecular flexibility index (Phi) is 9.45. The molecule has 1 amide bonds. The van der Waals surface area contributed by atoms with Gasteiger partial charge in [0.2, 0.25) is 5.91 Å². The van der Waals surface area contributed by atoms with Crippen molar-refractivity contribution in [2.24, 2.45) is 0 Å². The summed E-state index contributed by atoms with van der Waals surface area (Å²) in [6, 6.07) is 0.949. The lowest BCUT2D eigenvalue weighted by Gasteiger charge is -2.45. The fraction of sp³-hybridized carbons (Fsp3) is 0.957. The number of carbonyl (C=O) groups is 1. The smallest absolute Gasteiger partial charge is 0.222 e. The molecule has 2 atom stereocenters. The van der Waals surface area contributed by atoms with Crippen LogP contribution < -0.4 is 5.32 Å². The van der Waals surface area contributed by atoms with Gasteiger partial charge in [-0.15, -0.1) is 0 Å². The van der Waals surface area contributed by atoms with E-state index in [1.54, 1.807) is 0 Å². The lowest BCUT2D eigenvalue weighted by atomic mass is 9.86. The maximum absolute atomic E-state index is 12.3. The van der Waals surface area contributed by atoms with Gasteiger partial charge in [-0.25, -0.2) is 0 Å². The number of nitrogens with one attached hydrogen (secondary N) is 1. The summed E-state index contributed by atoms with van der Waals surface area (Å²) < 4.78 is 0. The second-order valence-corrected chi connectivity index (χ2v) is 9.39. The van der Waals surface area contributed by atoms with Crippen molar-refractivity contribution in [2.75, 3.05) is 6.54 Å². The largest absolute Gasteiger partial charge is 0.352 e. The van der Waals surface area contributed by atoms with Crippen LogP contribution in [-0.2, 0) is 4.79 Å². The first-order chi connectivity index (χ1) is 12.5. The summed E-state index contributed by atoms with van der Waals surface area (Å²) in [5, 5.41) is 3.33. The summed E-state index contributed by atoms with van der Waals surface area (Å²) in [6.07, 6.45) is 19.5. The van der Waals surface area contributed by atoms with E-state index in [2.05, 4.69) is 31.0 Å². The van der Waals surface area contributed by atoms with Crippen molar-refractivity contribution in [2.45, 2.75) is 135 Å². The maximum Gasteiger partial charge on any atom is 0.222 e. The molecule has 3 heteroatoms. The molecule has 0 aromatic heterocycles. The van der Waals surface area contributed by atoms with Crippen LogP contribution in [0.4, 0.5) is 0 Å². The number of carbonyl (C=O) groups excluding carboxylic acids is 1. The number of hydrogen-bond acceptors (Lipinski definition) is 2. The molecule has 2 rings (SSSR count). The molecular weight excluding hydrogens is 320 g/mol. The van der Waals surface area contributed by atoms with E-state index in [-0.39, 0.29) is 11.4 Å². The van der Waals surface area contributed by atoms with E-state index in [1.165, 1.54) is 96.4 Å². The fourth-order valence-corrected chi connectivity index (χ4v) is 5.09. The number of unbranched alkanes of at least 4 members (excludes halogenated alkanes) is 9. The molecule has 0 aromatic rings. The van der Waals surface area contributed by atoms with Gasteiger partial charge >= 0.3 is 0 Å². The lowest BCUT2D eigenvalue weighted by molar-refractivity contribution is -0.122. The summed E-state index contributed by atoms with van der Waals surface area (Å²) in [4.78, 5) is 15.0. The van der Waals surface area contributed by atoms with Crippen molar-refractivity contribution in [3.05, 3.63) is 0 Å². The third-order valence-corrected chi connectivity index (χ3v) is 6.60. The molecule has 26 heavy (non-hydrogen) atoms. The van der Waals surface area contributed by atoms with Gasteiger partial charge in [0, 0.05) is 24.0 Å². The van der Waals surface area contributed by atoms with Gasteiger partial charge in [-0.05, 0) is 39.7 Å². The van der Waals surface area contributed by atoms with Crippen LogP contribution >= 0.6 is 0 Å². The van der Waals surface area contributed by atoms with Crippen LogP contribution in [-0.4, -0.2) is 35.0 Å². The first kappa shape index (κ1) is 21.7. The molecule has 2 aliphatic rings. The van der Waals surface area contributed by atoms with E-state index < -0.39 is 0 Å². The van der Waals surface area contributed by atoms with Crippen molar-refractivity contribution in [3.63, 3.8) is 0 Å². The molecule has 1 N–H and O–H groups in total. The summed E-state index contributed by atoms with van der Waals surface area (Å²) in [7, 11) is 0. The topological polar surface area (TPSA) is 32.3 Å². The van der Waals surface area contributed by atoms with Gasteiger partial charge in [-0.3, -0.25) is 9.69 Å². The van der Waals surface area contributed by atoms with E-state index in [1.807, 2.05) is 0 Å². The Morgan fingerprint density at radius 2 is 1.50 bits per heavy atom. The van der Waals surface area contributed by atoms with Crippen molar-refractivity contribution in [3.8, 4) is 0 Å². The highest BCUT2D eigenvalue weighted by molar-refractivity contribution is 5.78. The van der Waals surface area contributed by atoms with Gasteiger partial charge in [0.05, 0.1) is 0 Å². The lowest BCUT2D eigenvalue weighted by Crippen LogP contribution is -2.55. The van der Waals surface area contributed by atoms with Crippen molar-refractivity contribution in [1.82, 2.24) is 10.2 Å². The zero-order chi connectivity index (χ0) is 18.8. The first-order valence-electron chi connectivity index (χ1n) is 11.6. The van der Waals surface area contributed by atoms with Crippen LogP contribution in [0.1, 0.15) is 117 Å². The highest BCUT2D eigenvalue weighted by Gasteiger charge is 2.42. The molecular formula is C23H44N2O. The molecule has 1 saturated carbocycles. The van der Waals surface area contributed by atoms with Gasteiger partial charge in [0.15, 0.2) is 0 Å². The standard InChI is InChI=1S/C23H44N2O/c1-4-5-6-7-8-9-10-11-12-15-18-25-21-17-14-13-16-20(21)24-22(26)19-23(25,2)3/h20-21H,4-19H2,1-3H3,(H,24,26)/t20-,21-/m1/s1. The minimum atomic E-state index is 0.000117. The van der Waals surface area contributed by atoms with Crippen LogP contribution in [0, 0.1) is 0 Å². The second-order valence-electron chi connectivity index (χ2n) is 9.39. The summed E-state index contributed by atoms with van der Waals surface area (Å²) in [5.74, 6) is 0.262. The quantitative estimate of drug-likeness (QED) is 0.469. The Balaban J connectivity index is 1.69. The average Bonchev–Trinajstić information content (AvgIpc) is 2.69. The number of nitrogens with zero attached hydrogens (tertiary/aromatic N) is 1. The molecule has 1 heterocycles. The van der Waals surface area contributed by atoms with Gasteiger partial charge in [0.1, 0.15) is 0 Å². The molecule has 152 valence electrons. The third kappa shape index (κ3) is 6.87.